The number of amides is 2. The number of hydrogen-bond acceptors (Lipinski definition) is 2. The van der Waals surface area contributed by atoms with Gasteiger partial charge in [-0.05, 0) is 30.3 Å². The Morgan fingerprint density at radius 1 is 1.05 bits per heavy atom. The molecule has 0 fully saturated rings. The fourth-order valence-electron chi connectivity index (χ4n) is 1.65. The summed E-state index contributed by atoms with van der Waals surface area (Å²) in [6, 6.07) is 11.6. The smallest absolute Gasteiger partial charge is 0.319 e. The maximum atomic E-state index is 11.7. The monoisotopic (exact) mass is 358 g/mol. The fraction of sp³-hybridized carbons (Fsp3) is 0.133. The van der Waals surface area contributed by atoms with Gasteiger partial charge in [0.1, 0.15) is 12.4 Å². The van der Waals surface area contributed by atoms with Crippen molar-refractivity contribution in [2.45, 2.75) is 0 Å². The Bertz CT molecular complexity index is 665. The minimum Gasteiger partial charge on any atom is -0.490 e. The van der Waals surface area contributed by atoms with E-state index < -0.39 is 6.03 Å². The Balaban J connectivity index is 1.76. The van der Waals surface area contributed by atoms with Gasteiger partial charge in [0.25, 0.3) is 0 Å². The molecule has 0 aliphatic rings. The topological polar surface area (TPSA) is 50.4 Å². The van der Waals surface area contributed by atoms with Crippen LogP contribution in [0.2, 0.25) is 15.1 Å². The van der Waals surface area contributed by atoms with E-state index in [9.17, 15) is 4.79 Å². The highest BCUT2D eigenvalue weighted by Crippen LogP contribution is 2.25. The molecular weight excluding hydrogens is 347 g/mol. The van der Waals surface area contributed by atoms with E-state index in [0.717, 1.165) is 0 Å². The first kappa shape index (κ1) is 16.7. The molecule has 0 heterocycles. The second kappa shape index (κ2) is 8.13. The number of hydrogen-bond donors (Lipinski definition) is 2. The van der Waals surface area contributed by atoms with Crippen LogP contribution in [0.3, 0.4) is 0 Å². The van der Waals surface area contributed by atoms with Crippen LogP contribution >= 0.6 is 34.8 Å². The van der Waals surface area contributed by atoms with Crippen LogP contribution in [-0.4, -0.2) is 19.2 Å². The molecule has 0 saturated heterocycles. The van der Waals surface area contributed by atoms with Crippen molar-refractivity contribution in [3.8, 4) is 5.75 Å². The van der Waals surface area contributed by atoms with E-state index in [4.69, 9.17) is 39.5 Å². The third-order valence-corrected chi connectivity index (χ3v) is 3.54. The normalized spacial score (nSPS) is 10.1. The second-order valence-corrected chi connectivity index (χ2v) is 5.53. The molecule has 0 spiro atoms. The lowest BCUT2D eigenvalue weighted by atomic mass is 10.3. The third-order valence-electron chi connectivity index (χ3n) is 2.66. The third kappa shape index (κ3) is 4.98. The van der Waals surface area contributed by atoms with E-state index in [0.29, 0.717) is 39.7 Å². The molecular formula is C15H13Cl3N2O2. The van der Waals surface area contributed by atoms with Crippen molar-refractivity contribution in [3.05, 3.63) is 57.5 Å². The summed E-state index contributed by atoms with van der Waals surface area (Å²) >= 11 is 17.8. The van der Waals surface area contributed by atoms with Gasteiger partial charge in [0.15, 0.2) is 0 Å². The Hall–Kier alpha value is -1.62. The molecule has 0 saturated carbocycles. The van der Waals surface area contributed by atoms with E-state index in [2.05, 4.69) is 10.6 Å². The number of ether oxygens (including phenoxy) is 1. The molecule has 4 nitrogen and oxygen atoms in total. The molecule has 0 aromatic heterocycles. The lowest BCUT2D eigenvalue weighted by Gasteiger charge is -2.11. The molecule has 7 heteroatoms. The first-order valence-electron chi connectivity index (χ1n) is 6.43. The molecule has 2 amide bonds. The molecule has 116 valence electrons. The van der Waals surface area contributed by atoms with Gasteiger partial charge in [-0.3, -0.25) is 0 Å². The van der Waals surface area contributed by atoms with E-state index in [1.54, 1.807) is 30.3 Å². The summed E-state index contributed by atoms with van der Waals surface area (Å²) < 4.78 is 5.46. The predicted molar refractivity (Wildman–Crippen MR) is 90.4 cm³/mol. The highest BCUT2D eigenvalue weighted by Gasteiger charge is 2.06. The molecule has 2 aromatic rings. The summed E-state index contributed by atoms with van der Waals surface area (Å²) in [5.41, 5.74) is 0.443. The minimum atomic E-state index is -0.396. The molecule has 0 bridgehead atoms. The number of halogens is 3. The fourth-order valence-corrected chi connectivity index (χ4v) is 2.17. The molecule has 2 N–H and O–H groups in total. The summed E-state index contributed by atoms with van der Waals surface area (Å²) in [6.07, 6.45) is 0. The molecule has 2 aromatic carbocycles. The summed E-state index contributed by atoms with van der Waals surface area (Å²) in [6.45, 7) is 0.607. The van der Waals surface area contributed by atoms with E-state index >= 15 is 0 Å². The van der Waals surface area contributed by atoms with Crippen molar-refractivity contribution in [3.63, 3.8) is 0 Å². The summed E-state index contributed by atoms with van der Waals surface area (Å²) in [5.74, 6) is 0.573. The zero-order valence-corrected chi connectivity index (χ0v) is 13.7. The minimum absolute atomic E-state index is 0.292. The zero-order valence-electron chi connectivity index (χ0n) is 11.4. The summed E-state index contributed by atoms with van der Waals surface area (Å²) in [7, 11) is 0. The van der Waals surface area contributed by atoms with Crippen LogP contribution in [0.25, 0.3) is 0 Å². The van der Waals surface area contributed by atoms with Crippen LogP contribution < -0.4 is 15.4 Å². The standard InChI is InChI=1S/C15H13Cl3N2O2/c16-10-5-6-11(17)13(9-10)20-15(21)19-7-8-22-14-4-2-1-3-12(14)18/h1-6,9H,7-8H2,(H2,19,20,21). The van der Waals surface area contributed by atoms with Crippen LogP contribution in [0.4, 0.5) is 10.5 Å². The lowest BCUT2D eigenvalue weighted by molar-refractivity contribution is 0.247. The number of benzene rings is 2. The Morgan fingerprint density at radius 3 is 2.59 bits per heavy atom. The first-order valence-corrected chi connectivity index (χ1v) is 7.57. The average molecular weight is 360 g/mol. The Labute approximate surface area is 143 Å². The number of rotatable bonds is 5. The second-order valence-electron chi connectivity index (χ2n) is 4.28. The van der Waals surface area contributed by atoms with Crippen LogP contribution in [0.15, 0.2) is 42.5 Å². The number of nitrogens with one attached hydrogen (secondary N) is 2. The van der Waals surface area contributed by atoms with Crippen molar-refractivity contribution >= 4 is 46.5 Å². The molecule has 0 aliphatic carbocycles. The zero-order chi connectivity index (χ0) is 15.9. The average Bonchev–Trinajstić information content (AvgIpc) is 2.49. The molecule has 22 heavy (non-hydrogen) atoms. The predicted octanol–water partition coefficient (Wildman–Crippen LogP) is 4.85. The lowest BCUT2D eigenvalue weighted by Crippen LogP contribution is -2.32. The Morgan fingerprint density at radius 2 is 1.82 bits per heavy atom. The van der Waals surface area contributed by atoms with Crippen molar-refractivity contribution in [2.24, 2.45) is 0 Å². The molecule has 0 unspecified atom stereocenters. The van der Waals surface area contributed by atoms with Gasteiger partial charge >= 0.3 is 6.03 Å². The van der Waals surface area contributed by atoms with Crippen molar-refractivity contribution in [1.82, 2.24) is 5.32 Å². The number of anilines is 1. The van der Waals surface area contributed by atoms with E-state index in [1.165, 1.54) is 0 Å². The molecule has 0 radical (unpaired) electrons. The summed E-state index contributed by atoms with van der Waals surface area (Å²) in [5, 5.41) is 6.68. The summed E-state index contributed by atoms with van der Waals surface area (Å²) in [4.78, 5) is 11.7. The van der Waals surface area contributed by atoms with Gasteiger partial charge in [0.05, 0.1) is 22.3 Å². The van der Waals surface area contributed by atoms with E-state index in [1.807, 2.05) is 12.1 Å². The van der Waals surface area contributed by atoms with Crippen molar-refractivity contribution in [2.75, 3.05) is 18.5 Å². The maximum absolute atomic E-state index is 11.7. The molecule has 0 aliphatic heterocycles. The van der Waals surface area contributed by atoms with Crippen LogP contribution in [-0.2, 0) is 0 Å². The van der Waals surface area contributed by atoms with Crippen molar-refractivity contribution in [1.29, 1.82) is 0 Å². The van der Waals surface area contributed by atoms with Gasteiger partial charge in [-0.1, -0.05) is 46.9 Å². The highest BCUT2D eigenvalue weighted by molar-refractivity contribution is 6.35. The van der Waals surface area contributed by atoms with Gasteiger partial charge in [-0.25, -0.2) is 4.79 Å². The van der Waals surface area contributed by atoms with Crippen LogP contribution in [0.1, 0.15) is 0 Å². The quantitative estimate of drug-likeness (QED) is 0.750. The Kier molecular flexibility index (Phi) is 6.19. The van der Waals surface area contributed by atoms with Gasteiger partial charge in [0.2, 0.25) is 0 Å². The van der Waals surface area contributed by atoms with Gasteiger partial charge in [-0.2, -0.15) is 0 Å². The number of para-hydroxylation sites is 1. The largest absolute Gasteiger partial charge is 0.490 e. The maximum Gasteiger partial charge on any atom is 0.319 e. The van der Waals surface area contributed by atoms with Crippen LogP contribution in [0.5, 0.6) is 5.75 Å². The molecule has 0 atom stereocenters. The van der Waals surface area contributed by atoms with E-state index in [-0.39, 0.29) is 0 Å². The van der Waals surface area contributed by atoms with Crippen molar-refractivity contribution < 1.29 is 9.53 Å². The van der Waals surface area contributed by atoms with Crippen LogP contribution in [0, 0.1) is 0 Å². The number of carbonyl (C=O) groups excluding carboxylic acids is 1. The SMILES string of the molecule is O=C(NCCOc1ccccc1Cl)Nc1cc(Cl)ccc1Cl. The first-order chi connectivity index (χ1) is 10.6. The van der Waals surface area contributed by atoms with Gasteiger partial charge in [-0.15, -0.1) is 0 Å². The highest BCUT2D eigenvalue weighted by atomic mass is 35.5. The number of urea groups is 1. The molecule has 2 rings (SSSR count). The van der Waals surface area contributed by atoms with Gasteiger partial charge < -0.3 is 15.4 Å². The van der Waals surface area contributed by atoms with Gasteiger partial charge in [0, 0.05) is 5.02 Å². The number of carbonyl (C=O) groups is 1.